The van der Waals surface area contributed by atoms with Crippen LogP contribution in [0, 0.1) is 5.82 Å². The largest absolute Gasteiger partial charge is 0.466 e. The molecule has 2 atom stereocenters. The predicted octanol–water partition coefficient (Wildman–Crippen LogP) is 6.99. The van der Waals surface area contributed by atoms with Crippen molar-refractivity contribution in [1.29, 1.82) is 0 Å². The van der Waals surface area contributed by atoms with Crippen LogP contribution in [0.4, 0.5) is 34.3 Å². The summed E-state index contributed by atoms with van der Waals surface area (Å²) in [6, 6.07) is 3.81. The number of hydrogen-bond donors (Lipinski definition) is 1. The zero-order valence-electron chi connectivity index (χ0n) is 26.0. The van der Waals surface area contributed by atoms with Gasteiger partial charge in [0.05, 0.1) is 24.3 Å². The van der Waals surface area contributed by atoms with E-state index in [0.29, 0.717) is 49.7 Å². The molecule has 2 aliphatic rings. The van der Waals surface area contributed by atoms with Crippen LogP contribution in [0.15, 0.2) is 24.5 Å². The van der Waals surface area contributed by atoms with Crippen LogP contribution in [-0.4, -0.2) is 82.6 Å². The molecule has 2 aromatic heterocycles. The number of thiazole rings is 1. The summed E-state index contributed by atoms with van der Waals surface area (Å²) in [5, 5.41) is 3.22. The summed E-state index contributed by atoms with van der Waals surface area (Å²) in [5.41, 5.74) is -0.263. The molecule has 0 unspecified atom stereocenters. The van der Waals surface area contributed by atoms with Crippen molar-refractivity contribution in [2.24, 2.45) is 0 Å². The number of likely N-dealkylation sites (N-methyl/N-ethyl adjacent to an activating group) is 1. The summed E-state index contributed by atoms with van der Waals surface area (Å²) in [5.74, 6) is -0.841. The van der Waals surface area contributed by atoms with Crippen molar-refractivity contribution in [2.45, 2.75) is 70.8 Å². The molecule has 1 aromatic carbocycles. The third kappa shape index (κ3) is 8.25. The molecule has 0 amide bonds. The molecule has 2 aliphatic heterocycles. The monoisotopic (exact) mass is 683 g/mol. The molecule has 46 heavy (non-hydrogen) atoms. The third-order valence-electron chi connectivity index (χ3n) is 8.54. The molecule has 1 N–H and O–H groups in total. The summed E-state index contributed by atoms with van der Waals surface area (Å²) in [6.45, 7) is 7.20. The number of benzene rings is 1. The van der Waals surface area contributed by atoms with Crippen LogP contribution >= 0.6 is 22.9 Å². The lowest BCUT2D eigenvalue weighted by Crippen LogP contribution is -2.36. The van der Waals surface area contributed by atoms with E-state index in [2.05, 4.69) is 37.0 Å². The number of ether oxygens (including phenoxy) is 1. The zero-order chi connectivity index (χ0) is 33.0. The van der Waals surface area contributed by atoms with Crippen molar-refractivity contribution >= 4 is 45.7 Å². The number of hydrogen-bond acceptors (Lipinski definition) is 10. The highest BCUT2D eigenvalue weighted by molar-refractivity contribution is 7.16. The number of halogens is 5. The molecule has 250 valence electrons. The predicted molar refractivity (Wildman–Crippen MR) is 171 cm³/mol. The van der Waals surface area contributed by atoms with Crippen molar-refractivity contribution in [2.75, 3.05) is 50.1 Å². The Kier molecular flexibility index (Phi) is 11.0. The van der Waals surface area contributed by atoms with Gasteiger partial charge in [-0.05, 0) is 64.9 Å². The fraction of sp³-hybridized carbons (Fsp3) is 0.548. The number of esters is 1. The van der Waals surface area contributed by atoms with Crippen LogP contribution in [0.1, 0.15) is 56.4 Å². The number of carbonyl (C=O) groups excluding carboxylic acids is 1. The Balaban J connectivity index is 1.38. The minimum atomic E-state index is -4.58. The van der Waals surface area contributed by atoms with E-state index in [1.807, 2.05) is 11.9 Å². The molecule has 0 aliphatic carbocycles. The Hall–Kier alpha value is -3.07. The Labute approximate surface area is 274 Å². The third-order valence-corrected chi connectivity index (χ3v) is 9.71. The topological polar surface area (TPSA) is 86.7 Å². The smallest absolute Gasteiger partial charge is 0.416 e. The highest BCUT2D eigenvalue weighted by atomic mass is 35.5. The van der Waals surface area contributed by atoms with E-state index in [0.717, 1.165) is 49.2 Å². The van der Waals surface area contributed by atoms with Crippen LogP contribution in [-0.2, 0) is 22.3 Å². The van der Waals surface area contributed by atoms with Crippen molar-refractivity contribution in [3.8, 4) is 11.3 Å². The second-order valence-corrected chi connectivity index (χ2v) is 13.3. The summed E-state index contributed by atoms with van der Waals surface area (Å²) in [7, 11) is 1.93. The molecule has 9 nitrogen and oxygen atoms in total. The van der Waals surface area contributed by atoms with E-state index in [-0.39, 0.29) is 40.7 Å². The van der Waals surface area contributed by atoms with Gasteiger partial charge in [0.2, 0.25) is 5.82 Å². The van der Waals surface area contributed by atoms with E-state index in [1.165, 1.54) is 23.7 Å². The zero-order valence-corrected chi connectivity index (χ0v) is 27.6. The number of alkyl halides is 3. The Morgan fingerprint density at radius 3 is 2.74 bits per heavy atom. The van der Waals surface area contributed by atoms with Gasteiger partial charge in [0, 0.05) is 53.7 Å². The maximum Gasteiger partial charge on any atom is 0.416 e. The van der Waals surface area contributed by atoms with Gasteiger partial charge in [-0.2, -0.15) is 17.6 Å². The number of aromatic nitrogens is 3. The van der Waals surface area contributed by atoms with E-state index in [1.54, 1.807) is 6.92 Å². The Morgan fingerprint density at radius 2 is 2.00 bits per heavy atom. The SMILES string of the molecule is CCOC(=O)CCN(C)[C@H]1CCN(c2ncnc(Nc3nc(-c4cc(Cl)cc(C(F)(F)F)c4)c(CN4CCCC[C@H]4C)s3)c2F)C1. The number of carbonyl (C=O) groups is 1. The van der Waals surface area contributed by atoms with Gasteiger partial charge in [-0.1, -0.05) is 29.4 Å². The summed E-state index contributed by atoms with van der Waals surface area (Å²) in [6.07, 6.45) is 0.922. The molecule has 0 radical (unpaired) electrons. The first kappa shape index (κ1) is 34.3. The van der Waals surface area contributed by atoms with Crippen LogP contribution in [0.5, 0.6) is 0 Å². The summed E-state index contributed by atoms with van der Waals surface area (Å²) < 4.78 is 61.9. The molecule has 15 heteroatoms. The fourth-order valence-electron chi connectivity index (χ4n) is 5.95. The first-order chi connectivity index (χ1) is 21.9. The van der Waals surface area contributed by atoms with E-state index >= 15 is 4.39 Å². The molecule has 0 saturated carbocycles. The molecule has 3 aromatic rings. The van der Waals surface area contributed by atoms with Gasteiger partial charge in [0.25, 0.3) is 0 Å². The number of anilines is 3. The van der Waals surface area contributed by atoms with E-state index in [9.17, 15) is 18.0 Å². The van der Waals surface area contributed by atoms with Crippen LogP contribution < -0.4 is 10.2 Å². The second-order valence-electron chi connectivity index (χ2n) is 11.7. The molecule has 4 heterocycles. The number of rotatable bonds is 11. The number of likely N-dealkylation sites (tertiary alicyclic amines) is 1. The molecular weight excluding hydrogens is 646 g/mol. The number of piperidine rings is 1. The minimum Gasteiger partial charge on any atom is -0.466 e. The molecule has 5 rings (SSSR count). The van der Waals surface area contributed by atoms with Gasteiger partial charge in [0.15, 0.2) is 16.8 Å². The molecule has 0 spiro atoms. The first-order valence-electron chi connectivity index (χ1n) is 15.4. The fourth-order valence-corrected chi connectivity index (χ4v) is 7.20. The molecule has 2 saturated heterocycles. The maximum atomic E-state index is 15.9. The Bertz CT molecular complexity index is 1520. The average Bonchev–Trinajstić information content (AvgIpc) is 3.65. The van der Waals surface area contributed by atoms with E-state index < -0.39 is 17.6 Å². The highest BCUT2D eigenvalue weighted by Crippen LogP contribution is 2.39. The summed E-state index contributed by atoms with van der Waals surface area (Å²) >= 11 is 7.39. The van der Waals surface area contributed by atoms with Gasteiger partial charge in [-0.25, -0.2) is 15.0 Å². The van der Waals surface area contributed by atoms with Crippen molar-refractivity contribution in [3.05, 3.63) is 45.8 Å². The first-order valence-corrected chi connectivity index (χ1v) is 16.6. The van der Waals surface area contributed by atoms with Crippen molar-refractivity contribution < 1.29 is 27.1 Å². The van der Waals surface area contributed by atoms with Gasteiger partial charge in [-0.3, -0.25) is 9.69 Å². The van der Waals surface area contributed by atoms with Crippen LogP contribution in [0.25, 0.3) is 11.3 Å². The lowest BCUT2D eigenvalue weighted by molar-refractivity contribution is -0.143. The van der Waals surface area contributed by atoms with Crippen molar-refractivity contribution in [1.82, 2.24) is 24.8 Å². The molecule has 2 fully saturated rings. The number of nitrogens with one attached hydrogen (secondary N) is 1. The van der Waals surface area contributed by atoms with Gasteiger partial charge in [0.1, 0.15) is 6.33 Å². The highest BCUT2D eigenvalue weighted by Gasteiger charge is 2.33. The standard InChI is InChI=1S/C31H38ClF4N7O2S/c1-4-45-25(44)9-11-41(3)23-8-12-43(16-23)29-26(33)28(37-18-38-29)40-30-39-27(20-13-21(31(34,35)36)15-22(32)14-20)24(46-30)17-42-10-6-5-7-19(42)2/h13-15,18-19,23H,4-12,16-17H2,1-3H3,(H,37,38,39,40)/t19-,23+/m1/s1. The van der Waals surface area contributed by atoms with Gasteiger partial charge >= 0.3 is 12.1 Å². The van der Waals surface area contributed by atoms with Gasteiger partial charge in [-0.15, -0.1) is 0 Å². The normalized spacial score (nSPS) is 19.2. The van der Waals surface area contributed by atoms with E-state index in [4.69, 9.17) is 16.3 Å². The average molecular weight is 684 g/mol. The number of nitrogens with zero attached hydrogens (tertiary/aromatic N) is 6. The molecular formula is C31H38ClF4N7O2S. The van der Waals surface area contributed by atoms with Crippen molar-refractivity contribution in [3.63, 3.8) is 0 Å². The maximum absolute atomic E-state index is 15.9. The molecule has 0 bridgehead atoms. The Morgan fingerprint density at radius 1 is 1.20 bits per heavy atom. The second kappa shape index (κ2) is 14.8. The van der Waals surface area contributed by atoms with Crippen LogP contribution in [0.3, 0.4) is 0 Å². The lowest BCUT2D eigenvalue weighted by Gasteiger charge is -2.33. The quantitative estimate of drug-likeness (QED) is 0.170. The van der Waals surface area contributed by atoms with Crippen LogP contribution in [0.2, 0.25) is 5.02 Å². The summed E-state index contributed by atoms with van der Waals surface area (Å²) in [4.78, 5) is 31.7. The van der Waals surface area contributed by atoms with Gasteiger partial charge < -0.3 is 19.9 Å². The lowest BCUT2D eigenvalue weighted by atomic mass is 10.0. The minimum absolute atomic E-state index is 0.0495.